The lowest BCUT2D eigenvalue weighted by atomic mass is 11.8. The van der Waals surface area contributed by atoms with E-state index < -0.39 is 11.2 Å². The van der Waals surface area contributed by atoms with Crippen molar-refractivity contribution in [3.05, 3.63) is 0 Å². The van der Waals surface area contributed by atoms with Gasteiger partial charge in [0, 0.05) is 6.72 Å². The van der Waals surface area contributed by atoms with Crippen LogP contribution in [-0.4, -0.2) is 29.0 Å². The Hall–Kier alpha value is -0.220. The maximum absolute atomic E-state index is 9.56. The summed E-state index contributed by atoms with van der Waals surface area (Å²) in [5.41, 5.74) is 0. The van der Waals surface area contributed by atoms with Gasteiger partial charge in [0.05, 0.1) is 12.5 Å². The van der Waals surface area contributed by atoms with Crippen LogP contribution in [0.15, 0.2) is 5.16 Å². The molecule has 3 nitrogen and oxygen atoms in total. The topological polar surface area (TPSA) is 55.7 Å². The van der Waals surface area contributed by atoms with Crippen LogP contribution in [0.1, 0.15) is 0 Å². The monoisotopic (exact) mass is 123 g/mol. The van der Waals surface area contributed by atoms with Crippen LogP contribution < -0.4 is 0 Å². The molecule has 0 spiro atoms. The zero-order valence-electron chi connectivity index (χ0n) is 4.42. The van der Waals surface area contributed by atoms with E-state index in [2.05, 4.69) is 11.9 Å². The molecule has 0 aromatic heterocycles. The van der Waals surface area contributed by atoms with E-state index in [1.54, 1.807) is 12.5 Å². The minimum Gasteiger partial charge on any atom is -0.617 e. The first-order valence-corrected chi connectivity index (χ1v) is 3.47. The third-order valence-corrected chi connectivity index (χ3v) is 0. The van der Waals surface area contributed by atoms with Gasteiger partial charge in [-0.1, -0.05) is 11.2 Å². The van der Waals surface area contributed by atoms with Gasteiger partial charge in [0.15, 0.2) is 0 Å². The van der Waals surface area contributed by atoms with E-state index in [0.29, 0.717) is 0 Å². The highest BCUT2D eigenvalue weighted by molar-refractivity contribution is 7.89. The summed E-state index contributed by atoms with van der Waals surface area (Å²) in [6.45, 7) is 2.67. The molecular weight excluding hydrogens is 114 g/mol. The lowest BCUT2D eigenvalue weighted by Gasteiger charge is -1.87. The van der Waals surface area contributed by atoms with Gasteiger partial charge in [0.2, 0.25) is 0 Å². The van der Waals surface area contributed by atoms with Crippen molar-refractivity contribution in [2.75, 3.05) is 12.5 Å². The SMILES string of the molecule is C=NO.C[S+](C)[O-]. The van der Waals surface area contributed by atoms with E-state index in [9.17, 15) is 4.55 Å². The van der Waals surface area contributed by atoms with Gasteiger partial charge in [0.1, 0.15) is 0 Å². The summed E-state index contributed by atoms with van der Waals surface area (Å²) >= 11 is -0.611. The molecule has 0 saturated heterocycles. The Balaban J connectivity index is 0. The van der Waals surface area contributed by atoms with Crippen molar-refractivity contribution in [1.29, 1.82) is 0 Å². The second kappa shape index (κ2) is 9.24. The summed E-state index contributed by atoms with van der Waals surface area (Å²) < 4.78 is 9.56. The molecule has 0 atom stereocenters. The molecule has 0 fully saturated rings. The van der Waals surface area contributed by atoms with Crippen molar-refractivity contribution in [3.63, 3.8) is 0 Å². The molecule has 0 rings (SSSR count). The van der Waals surface area contributed by atoms with E-state index in [4.69, 9.17) is 5.21 Å². The lowest BCUT2D eigenvalue weighted by Crippen LogP contribution is -1.86. The normalized spacial score (nSPS) is 6.86. The van der Waals surface area contributed by atoms with Gasteiger partial charge in [-0.25, -0.2) is 0 Å². The molecular formula is C3H9NO2S. The molecule has 0 aliphatic rings. The third-order valence-electron chi connectivity index (χ3n) is 0. The summed E-state index contributed by atoms with van der Waals surface area (Å²) in [5, 5.41) is 9.33. The standard InChI is InChI=1S/C2H6OS.CH3NO/c1-4(2)3;1-2-3/h1-2H3;3H,1H2. The summed E-state index contributed by atoms with van der Waals surface area (Å²) in [6, 6.07) is 0. The van der Waals surface area contributed by atoms with Gasteiger partial charge in [0.25, 0.3) is 0 Å². The van der Waals surface area contributed by atoms with Gasteiger partial charge in [-0.15, -0.1) is 5.16 Å². The van der Waals surface area contributed by atoms with Crippen LogP contribution in [-0.2, 0) is 11.2 Å². The van der Waals surface area contributed by atoms with Crippen molar-refractivity contribution in [2.24, 2.45) is 5.16 Å². The van der Waals surface area contributed by atoms with E-state index >= 15 is 0 Å². The summed E-state index contributed by atoms with van der Waals surface area (Å²) in [6.07, 6.45) is 3.28. The number of oxime groups is 1. The third kappa shape index (κ3) is 1710. The van der Waals surface area contributed by atoms with Gasteiger partial charge >= 0.3 is 0 Å². The zero-order chi connectivity index (χ0) is 6.28. The Morgan fingerprint density at radius 3 is 1.71 bits per heavy atom. The molecule has 0 radical (unpaired) electrons. The maximum Gasteiger partial charge on any atom is 0.0946 e. The van der Waals surface area contributed by atoms with E-state index in [1.165, 1.54) is 0 Å². The molecule has 0 aromatic rings. The number of hydrogen-bond donors (Lipinski definition) is 1. The first kappa shape index (κ1) is 9.91. The Bertz CT molecular complexity index is 37.2. The van der Waals surface area contributed by atoms with Gasteiger partial charge in [-0.2, -0.15) is 0 Å². The molecule has 0 aromatic carbocycles. The highest BCUT2D eigenvalue weighted by Gasteiger charge is 1.66. The van der Waals surface area contributed by atoms with Crippen molar-refractivity contribution in [2.45, 2.75) is 0 Å². The van der Waals surface area contributed by atoms with Gasteiger partial charge in [-0.05, 0) is 0 Å². The van der Waals surface area contributed by atoms with Crippen LogP contribution in [0.25, 0.3) is 0 Å². The minimum atomic E-state index is -0.611. The van der Waals surface area contributed by atoms with Gasteiger partial charge < -0.3 is 9.76 Å². The molecule has 0 aliphatic heterocycles. The molecule has 1 N–H and O–H groups in total. The Kier molecular flexibility index (Phi) is 13.1. The molecule has 0 saturated carbocycles. The van der Waals surface area contributed by atoms with Crippen molar-refractivity contribution < 1.29 is 9.76 Å². The molecule has 7 heavy (non-hydrogen) atoms. The van der Waals surface area contributed by atoms with E-state index in [1.807, 2.05) is 0 Å². The first-order valence-electron chi connectivity index (χ1n) is 1.50. The largest absolute Gasteiger partial charge is 0.617 e. The lowest BCUT2D eigenvalue weighted by molar-refractivity contribution is 0.323. The second-order valence-corrected chi connectivity index (χ2v) is 2.37. The van der Waals surface area contributed by atoms with Crippen molar-refractivity contribution >= 4 is 17.9 Å². The highest BCUT2D eigenvalue weighted by Crippen LogP contribution is 1.61. The van der Waals surface area contributed by atoms with Crippen LogP contribution in [0, 0.1) is 0 Å². The molecule has 44 valence electrons. The van der Waals surface area contributed by atoms with Crippen LogP contribution in [0.4, 0.5) is 0 Å². The Labute approximate surface area is 46.2 Å². The molecule has 4 heteroatoms. The molecule has 0 heterocycles. The summed E-state index contributed by atoms with van der Waals surface area (Å²) in [7, 11) is 0. The van der Waals surface area contributed by atoms with Crippen LogP contribution >= 0.6 is 0 Å². The summed E-state index contributed by atoms with van der Waals surface area (Å²) in [5.74, 6) is 0. The molecule has 0 unspecified atom stereocenters. The predicted octanol–water partition coefficient (Wildman–Crippen LogP) is 0.0709. The number of hydrogen-bond acceptors (Lipinski definition) is 3. The van der Waals surface area contributed by atoms with E-state index in [-0.39, 0.29) is 0 Å². The fourth-order valence-corrected chi connectivity index (χ4v) is 0. The van der Waals surface area contributed by atoms with E-state index in [0.717, 1.165) is 0 Å². The highest BCUT2D eigenvalue weighted by atomic mass is 32.2. The quantitative estimate of drug-likeness (QED) is 0.214. The second-order valence-electron chi connectivity index (χ2n) is 0.883. The first-order chi connectivity index (χ1) is 3.15. The van der Waals surface area contributed by atoms with Crippen LogP contribution in [0.3, 0.4) is 0 Å². The summed E-state index contributed by atoms with van der Waals surface area (Å²) in [4.78, 5) is 0. The number of rotatable bonds is 0. The fraction of sp³-hybridized carbons (Fsp3) is 0.667. The molecule has 0 amide bonds. The minimum absolute atomic E-state index is 0.611. The fourth-order valence-electron chi connectivity index (χ4n) is 0. The Morgan fingerprint density at radius 2 is 1.71 bits per heavy atom. The van der Waals surface area contributed by atoms with Crippen LogP contribution in [0.5, 0.6) is 0 Å². The van der Waals surface area contributed by atoms with Crippen molar-refractivity contribution in [1.82, 2.24) is 0 Å². The Morgan fingerprint density at radius 1 is 1.71 bits per heavy atom. The van der Waals surface area contributed by atoms with Crippen molar-refractivity contribution in [3.8, 4) is 0 Å². The maximum atomic E-state index is 9.56. The average molecular weight is 123 g/mol. The van der Waals surface area contributed by atoms with Crippen LogP contribution in [0.2, 0.25) is 0 Å². The molecule has 0 bridgehead atoms. The molecule has 0 aliphatic carbocycles. The predicted molar refractivity (Wildman–Crippen MR) is 31.3 cm³/mol. The average Bonchev–Trinajstić information content (AvgIpc) is 1.33. The number of nitrogens with zero attached hydrogens (tertiary/aromatic N) is 1. The smallest absolute Gasteiger partial charge is 0.0946 e. The zero-order valence-corrected chi connectivity index (χ0v) is 5.23. The van der Waals surface area contributed by atoms with Gasteiger partial charge in [-0.3, -0.25) is 0 Å².